The van der Waals surface area contributed by atoms with Gasteiger partial charge in [-0.2, -0.15) is 0 Å². The number of sulfonamides is 1. The van der Waals surface area contributed by atoms with Crippen LogP contribution in [0.1, 0.15) is 11.1 Å². The Morgan fingerprint density at radius 1 is 1.06 bits per heavy atom. The molecule has 172 valence electrons. The Balaban J connectivity index is 1.99. The first kappa shape index (κ1) is 23.7. The highest BCUT2D eigenvalue weighted by atomic mass is 32.2. The van der Waals surface area contributed by atoms with Crippen LogP contribution in [0.4, 0.5) is 17.1 Å². The summed E-state index contributed by atoms with van der Waals surface area (Å²) in [4.78, 5) is 23.5. The largest absolute Gasteiger partial charge is 0.495 e. The third-order valence-electron chi connectivity index (χ3n) is 4.95. The van der Waals surface area contributed by atoms with E-state index in [0.717, 1.165) is 15.9 Å². The van der Waals surface area contributed by atoms with Gasteiger partial charge in [0, 0.05) is 12.1 Å². The summed E-state index contributed by atoms with van der Waals surface area (Å²) < 4.78 is 33.2. The van der Waals surface area contributed by atoms with Crippen LogP contribution in [0, 0.1) is 24.0 Å². The molecule has 0 unspecified atom stereocenters. The zero-order chi connectivity index (χ0) is 24.2. The molecule has 0 heterocycles. The van der Waals surface area contributed by atoms with Crippen molar-refractivity contribution >= 4 is 33.0 Å². The van der Waals surface area contributed by atoms with E-state index in [1.165, 1.54) is 31.4 Å². The first-order valence-electron chi connectivity index (χ1n) is 9.91. The number of nitrogens with one attached hydrogen (secondary N) is 1. The second-order valence-electron chi connectivity index (χ2n) is 7.30. The number of rotatable bonds is 8. The van der Waals surface area contributed by atoms with Crippen molar-refractivity contribution in [2.45, 2.75) is 18.7 Å². The molecule has 1 N–H and O–H groups in total. The molecular formula is C23H23N3O6S. The summed E-state index contributed by atoms with van der Waals surface area (Å²) in [5, 5.41) is 13.7. The standard InChI is InChI=1S/C23H23N3O6S/c1-16-8-11-19(12-9-16)33(30,31)25(21-7-5-4-6-17(21)2)15-23(27)24-20-14-18(26(28)29)10-13-22(20)32-3/h4-14H,15H2,1-3H3,(H,24,27). The van der Waals surface area contributed by atoms with E-state index in [-0.39, 0.29) is 22.0 Å². The van der Waals surface area contributed by atoms with E-state index in [1.807, 2.05) is 6.92 Å². The average Bonchev–Trinajstić information content (AvgIpc) is 2.78. The molecule has 3 aromatic carbocycles. The van der Waals surface area contributed by atoms with Gasteiger partial charge in [0.15, 0.2) is 0 Å². The molecule has 0 radical (unpaired) electrons. The minimum atomic E-state index is -4.08. The fourth-order valence-electron chi connectivity index (χ4n) is 3.21. The van der Waals surface area contributed by atoms with Crippen LogP contribution in [0.2, 0.25) is 0 Å². The van der Waals surface area contributed by atoms with Gasteiger partial charge >= 0.3 is 0 Å². The average molecular weight is 470 g/mol. The van der Waals surface area contributed by atoms with Crippen molar-refractivity contribution in [1.82, 2.24) is 0 Å². The quantitative estimate of drug-likeness (QED) is 0.393. The summed E-state index contributed by atoms with van der Waals surface area (Å²) in [6.07, 6.45) is 0. The number of carbonyl (C=O) groups is 1. The number of anilines is 2. The molecule has 0 aromatic heterocycles. The maximum absolute atomic E-state index is 13.5. The number of benzene rings is 3. The summed E-state index contributed by atoms with van der Waals surface area (Å²) in [5.41, 5.74) is 1.73. The zero-order valence-electron chi connectivity index (χ0n) is 18.3. The zero-order valence-corrected chi connectivity index (χ0v) is 19.1. The Hall–Kier alpha value is -3.92. The number of nitrogens with zero attached hydrogens (tertiary/aromatic N) is 2. The number of hydrogen-bond donors (Lipinski definition) is 1. The number of methoxy groups -OCH3 is 1. The predicted molar refractivity (Wildman–Crippen MR) is 125 cm³/mol. The lowest BCUT2D eigenvalue weighted by Crippen LogP contribution is -2.38. The fourth-order valence-corrected chi connectivity index (χ4v) is 4.69. The normalized spacial score (nSPS) is 11.0. The van der Waals surface area contributed by atoms with Crippen molar-refractivity contribution in [2.75, 3.05) is 23.3 Å². The van der Waals surface area contributed by atoms with Gasteiger partial charge in [0.1, 0.15) is 12.3 Å². The number of nitro groups is 1. The van der Waals surface area contributed by atoms with E-state index in [2.05, 4.69) is 5.32 Å². The number of amides is 1. The maximum atomic E-state index is 13.5. The lowest BCUT2D eigenvalue weighted by molar-refractivity contribution is -0.384. The predicted octanol–water partition coefficient (Wildman–Crippen LogP) is 4.05. The molecule has 10 heteroatoms. The van der Waals surface area contributed by atoms with Gasteiger partial charge in [-0.05, 0) is 43.7 Å². The highest BCUT2D eigenvalue weighted by Gasteiger charge is 2.28. The molecule has 9 nitrogen and oxygen atoms in total. The van der Waals surface area contributed by atoms with Gasteiger partial charge in [0.25, 0.3) is 15.7 Å². The van der Waals surface area contributed by atoms with Crippen molar-refractivity contribution in [2.24, 2.45) is 0 Å². The van der Waals surface area contributed by atoms with Crippen LogP contribution in [0.5, 0.6) is 5.75 Å². The smallest absolute Gasteiger partial charge is 0.271 e. The summed E-state index contributed by atoms with van der Waals surface area (Å²) in [6, 6.07) is 16.9. The number of nitro benzene ring substituents is 1. The molecule has 0 aliphatic heterocycles. The Labute approximate surface area is 191 Å². The Morgan fingerprint density at radius 2 is 1.73 bits per heavy atom. The first-order chi connectivity index (χ1) is 15.6. The summed E-state index contributed by atoms with van der Waals surface area (Å²) in [6.45, 7) is 3.04. The molecule has 0 aliphatic rings. The Bertz CT molecular complexity index is 1290. The van der Waals surface area contributed by atoms with Crippen molar-refractivity contribution in [3.05, 3.63) is 88.0 Å². The van der Waals surface area contributed by atoms with Crippen molar-refractivity contribution in [3.8, 4) is 5.75 Å². The van der Waals surface area contributed by atoms with Crippen LogP contribution in [-0.4, -0.2) is 32.9 Å². The second-order valence-corrected chi connectivity index (χ2v) is 9.16. The van der Waals surface area contributed by atoms with Gasteiger partial charge in [-0.25, -0.2) is 8.42 Å². The van der Waals surface area contributed by atoms with Crippen LogP contribution in [0.25, 0.3) is 0 Å². The fraction of sp³-hybridized carbons (Fsp3) is 0.174. The molecule has 3 rings (SSSR count). The van der Waals surface area contributed by atoms with Gasteiger partial charge in [-0.1, -0.05) is 35.9 Å². The monoisotopic (exact) mass is 469 g/mol. The second kappa shape index (κ2) is 9.70. The van der Waals surface area contributed by atoms with Crippen LogP contribution in [0.3, 0.4) is 0 Å². The third-order valence-corrected chi connectivity index (χ3v) is 6.72. The summed E-state index contributed by atoms with van der Waals surface area (Å²) in [5.74, 6) is -0.481. The molecule has 0 atom stereocenters. The maximum Gasteiger partial charge on any atom is 0.271 e. The van der Waals surface area contributed by atoms with E-state index >= 15 is 0 Å². The number of aryl methyl sites for hydroxylation is 2. The summed E-state index contributed by atoms with van der Waals surface area (Å²) >= 11 is 0. The molecule has 0 aliphatic carbocycles. The molecule has 0 fully saturated rings. The first-order valence-corrected chi connectivity index (χ1v) is 11.3. The highest BCUT2D eigenvalue weighted by molar-refractivity contribution is 7.92. The van der Waals surface area contributed by atoms with Gasteiger partial charge in [0.05, 0.1) is 28.3 Å². The van der Waals surface area contributed by atoms with E-state index < -0.39 is 27.4 Å². The molecule has 0 saturated carbocycles. The number of para-hydroxylation sites is 1. The lowest BCUT2D eigenvalue weighted by atomic mass is 10.2. The van der Waals surface area contributed by atoms with Gasteiger partial charge in [-0.15, -0.1) is 0 Å². The Morgan fingerprint density at radius 3 is 2.33 bits per heavy atom. The Kier molecular flexibility index (Phi) is 6.98. The molecular weight excluding hydrogens is 446 g/mol. The van der Waals surface area contributed by atoms with Crippen molar-refractivity contribution < 1.29 is 22.9 Å². The van der Waals surface area contributed by atoms with Crippen LogP contribution >= 0.6 is 0 Å². The number of non-ortho nitro benzene ring substituents is 1. The molecule has 0 spiro atoms. The van der Waals surface area contributed by atoms with E-state index in [0.29, 0.717) is 11.3 Å². The summed E-state index contributed by atoms with van der Waals surface area (Å²) in [7, 11) is -2.73. The topological polar surface area (TPSA) is 119 Å². The molecule has 33 heavy (non-hydrogen) atoms. The van der Waals surface area contributed by atoms with E-state index in [9.17, 15) is 23.3 Å². The van der Waals surface area contributed by atoms with Gasteiger partial charge in [-0.3, -0.25) is 19.2 Å². The van der Waals surface area contributed by atoms with E-state index in [4.69, 9.17) is 4.74 Å². The number of hydrogen-bond acceptors (Lipinski definition) is 6. The highest BCUT2D eigenvalue weighted by Crippen LogP contribution is 2.30. The molecule has 3 aromatic rings. The van der Waals surface area contributed by atoms with Crippen molar-refractivity contribution in [1.29, 1.82) is 0 Å². The molecule has 0 bridgehead atoms. The SMILES string of the molecule is COc1ccc([N+](=O)[O-])cc1NC(=O)CN(c1ccccc1C)S(=O)(=O)c1ccc(C)cc1. The van der Waals surface area contributed by atoms with E-state index in [1.54, 1.807) is 43.3 Å². The van der Waals surface area contributed by atoms with Crippen molar-refractivity contribution in [3.63, 3.8) is 0 Å². The number of carbonyl (C=O) groups excluding carboxylic acids is 1. The minimum Gasteiger partial charge on any atom is -0.495 e. The molecule has 0 saturated heterocycles. The van der Waals surface area contributed by atoms with Crippen LogP contribution < -0.4 is 14.4 Å². The van der Waals surface area contributed by atoms with Gasteiger partial charge < -0.3 is 10.1 Å². The number of ether oxygens (including phenoxy) is 1. The van der Waals surface area contributed by atoms with Crippen LogP contribution in [0.15, 0.2) is 71.6 Å². The molecule has 1 amide bonds. The third kappa shape index (κ3) is 5.29. The minimum absolute atomic E-state index is 0.0390. The van der Waals surface area contributed by atoms with Gasteiger partial charge in [0.2, 0.25) is 5.91 Å². The lowest BCUT2D eigenvalue weighted by Gasteiger charge is -2.25. The van der Waals surface area contributed by atoms with Crippen LogP contribution in [-0.2, 0) is 14.8 Å².